The minimum Gasteiger partial charge on any atom is -0.381 e. The van der Waals surface area contributed by atoms with E-state index in [1.807, 2.05) is 35.2 Å². The van der Waals surface area contributed by atoms with Crippen LogP contribution >= 0.6 is 22.7 Å². The standard InChI is InChI=1S/C18H18N2O2S2/c1-22-12-8-10-20(11-9-12)18(21)16-7-6-15(23-16)17-19-13-4-2-3-5-14(13)24-17/h2-7,12H,8-11H2,1H3. The summed E-state index contributed by atoms with van der Waals surface area (Å²) >= 11 is 3.21. The summed E-state index contributed by atoms with van der Waals surface area (Å²) in [4.78, 5) is 21.2. The number of likely N-dealkylation sites (tertiary alicyclic amines) is 1. The Balaban J connectivity index is 1.53. The van der Waals surface area contributed by atoms with Gasteiger partial charge in [0.1, 0.15) is 5.01 Å². The summed E-state index contributed by atoms with van der Waals surface area (Å²) in [5, 5.41) is 0.985. The van der Waals surface area contributed by atoms with Gasteiger partial charge >= 0.3 is 0 Å². The Labute approximate surface area is 148 Å². The second kappa shape index (κ2) is 6.63. The lowest BCUT2D eigenvalue weighted by atomic mass is 10.1. The molecule has 1 aliphatic heterocycles. The third-order valence-corrected chi connectivity index (χ3v) is 6.66. The van der Waals surface area contributed by atoms with Gasteiger partial charge in [0.2, 0.25) is 0 Å². The number of rotatable bonds is 3. The highest BCUT2D eigenvalue weighted by molar-refractivity contribution is 7.26. The molecule has 4 rings (SSSR count). The molecule has 3 aromatic rings. The fraction of sp³-hybridized carbons (Fsp3) is 0.333. The lowest BCUT2D eigenvalue weighted by Gasteiger charge is -2.30. The Morgan fingerprint density at radius 1 is 1.17 bits per heavy atom. The van der Waals surface area contributed by atoms with Crippen LogP contribution in [-0.2, 0) is 4.74 Å². The van der Waals surface area contributed by atoms with Crippen LogP contribution in [0.5, 0.6) is 0 Å². The largest absolute Gasteiger partial charge is 0.381 e. The van der Waals surface area contributed by atoms with Gasteiger partial charge in [0.05, 0.1) is 26.1 Å². The number of carbonyl (C=O) groups excluding carboxylic acids is 1. The van der Waals surface area contributed by atoms with E-state index in [1.54, 1.807) is 18.4 Å². The van der Waals surface area contributed by atoms with Gasteiger partial charge in [-0.2, -0.15) is 0 Å². The molecule has 3 heterocycles. The summed E-state index contributed by atoms with van der Waals surface area (Å²) in [6, 6.07) is 12.1. The molecule has 6 heteroatoms. The minimum absolute atomic E-state index is 0.127. The molecule has 0 bridgehead atoms. The van der Waals surface area contributed by atoms with Crippen LogP contribution in [0.2, 0.25) is 0 Å². The Hall–Kier alpha value is -1.76. The lowest BCUT2D eigenvalue weighted by molar-refractivity contribution is 0.0353. The van der Waals surface area contributed by atoms with E-state index in [0.29, 0.717) is 0 Å². The summed E-state index contributed by atoms with van der Waals surface area (Å²) < 4.78 is 6.55. The second-order valence-corrected chi connectivity index (χ2v) is 7.99. The van der Waals surface area contributed by atoms with Crippen molar-refractivity contribution in [2.75, 3.05) is 20.2 Å². The maximum Gasteiger partial charge on any atom is 0.263 e. The molecule has 2 aromatic heterocycles. The number of thiophene rings is 1. The quantitative estimate of drug-likeness (QED) is 0.702. The Kier molecular flexibility index (Phi) is 4.35. The number of ether oxygens (including phenoxy) is 1. The van der Waals surface area contributed by atoms with Crippen molar-refractivity contribution in [3.63, 3.8) is 0 Å². The third-order valence-electron chi connectivity index (χ3n) is 4.38. The molecule has 0 saturated carbocycles. The van der Waals surface area contributed by atoms with Gasteiger partial charge in [0.25, 0.3) is 5.91 Å². The smallest absolute Gasteiger partial charge is 0.263 e. The number of carbonyl (C=O) groups is 1. The molecule has 1 amide bonds. The fourth-order valence-electron chi connectivity index (χ4n) is 3.00. The predicted octanol–water partition coefficient (Wildman–Crippen LogP) is 4.28. The highest BCUT2D eigenvalue weighted by Gasteiger charge is 2.24. The van der Waals surface area contributed by atoms with Crippen molar-refractivity contribution in [1.29, 1.82) is 0 Å². The topological polar surface area (TPSA) is 42.4 Å². The number of hydrogen-bond donors (Lipinski definition) is 0. The van der Waals surface area contributed by atoms with Crippen molar-refractivity contribution in [2.45, 2.75) is 18.9 Å². The zero-order valence-corrected chi connectivity index (χ0v) is 15.0. The number of para-hydroxylation sites is 1. The molecule has 1 fully saturated rings. The SMILES string of the molecule is COC1CCN(C(=O)c2ccc(-c3nc4ccccc4s3)s2)CC1. The molecule has 4 nitrogen and oxygen atoms in total. The molecule has 0 unspecified atom stereocenters. The molecular formula is C18H18N2O2S2. The van der Waals surface area contributed by atoms with Crippen molar-refractivity contribution < 1.29 is 9.53 Å². The van der Waals surface area contributed by atoms with E-state index in [0.717, 1.165) is 46.2 Å². The number of fused-ring (bicyclic) bond motifs is 1. The zero-order valence-electron chi connectivity index (χ0n) is 13.4. The lowest BCUT2D eigenvalue weighted by Crippen LogP contribution is -2.40. The number of aromatic nitrogens is 1. The van der Waals surface area contributed by atoms with Crippen molar-refractivity contribution >= 4 is 38.8 Å². The highest BCUT2D eigenvalue weighted by atomic mass is 32.1. The molecule has 1 aliphatic rings. The molecular weight excluding hydrogens is 340 g/mol. The number of methoxy groups -OCH3 is 1. The summed E-state index contributed by atoms with van der Waals surface area (Å²) in [5.74, 6) is 0.127. The number of benzene rings is 1. The first-order valence-electron chi connectivity index (χ1n) is 8.02. The van der Waals surface area contributed by atoms with Crippen molar-refractivity contribution in [3.8, 4) is 9.88 Å². The number of amides is 1. The third kappa shape index (κ3) is 2.97. The van der Waals surface area contributed by atoms with Crippen LogP contribution in [0.1, 0.15) is 22.5 Å². The van der Waals surface area contributed by atoms with Gasteiger partial charge in [-0.3, -0.25) is 4.79 Å². The molecule has 0 radical (unpaired) electrons. The monoisotopic (exact) mass is 358 g/mol. The van der Waals surface area contributed by atoms with Gasteiger partial charge < -0.3 is 9.64 Å². The average Bonchev–Trinajstić information content (AvgIpc) is 3.27. The molecule has 24 heavy (non-hydrogen) atoms. The van der Waals surface area contributed by atoms with E-state index in [9.17, 15) is 4.79 Å². The van der Waals surface area contributed by atoms with Crippen LogP contribution in [0.4, 0.5) is 0 Å². The number of thiazole rings is 1. The first kappa shape index (κ1) is 15.7. The number of hydrogen-bond acceptors (Lipinski definition) is 5. The van der Waals surface area contributed by atoms with E-state index in [2.05, 4.69) is 11.1 Å². The van der Waals surface area contributed by atoms with Gasteiger partial charge in [-0.1, -0.05) is 12.1 Å². The molecule has 1 aromatic carbocycles. The Morgan fingerprint density at radius 3 is 2.71 bits per heavy atom. The van der Waals surface area contributed by atoms with Crippen molar-refractivity contribution in [2.24, 2.45) is 0 Å². The van der Waals surface area contributed by atoms with Gasteiger partial charge in [-0.05, 0) is 37.1 Å². The van der Waals surface area contributed by atoms with Crippen molar-refractivity contribution in [3.05, 3.63) is 41.3 Å². The first-order valence-corrected chi connectivity index (χ1v) is 9.66. The molecule has 124 valence electrons. The van der Waals surface area contributed by atoms with E-state index in [1.165, 1.54) is 16.0 Å². The molecule has 0 spiro atoms. The summed E-state index contributed by atoms with van der Waals surface area (Å²) in [6.45, 7) is 1.54. The molecule has 1 saturated heterocycles. The van der Waals surface area contributed by atoms with E-state index >= 15 is 0 Å². The van der Waals surface area contributed by atoms with Gasteiger partial charge in [0.15, 0.2) is 0 Å². The maximum absolute atomic E-state index is 12.7. The Bertz CT molecular complexity index is 830. The van der Waals surface area contributed by atoms with Gasteiger partial charge in [-0.25, -0.2) is 4.98 Å². The predicted molar refractivity (Wildman–Crippen MR) is 98.9 cm³/mol. The van der Waals surface area contributed by atoms with Crippen LogP contribution < -0.4 is 0 Å². The first-order chi connectivity index (χ1) is 11.7. The fourth-order valence-corrected chi connectivity index (χ4v) is 4.99. The average molecular weight is 358 g/mol. The zero-order chi connectivity index (χ0) is 16.5. The number of nitrogens with zero attached hydrogens (tertiary/aromatic N) is 2. The van der Waals surface area contributed by atoms with Crippen LogP contribution in [-0.4, -0.2) is 42.1 Å². The summed E-state index contributed by atoms with van der Waals surface area (Å²) in [7, 11) is 1.74. The van der Waals surface area contributed by atoms with Crippen molar-refractivity contribution in [1.82, 2.24) is 9.88 Å². The maximum atomic E-state index is 12.7. The normalized spacial score (nSPS) is 16.0. The van der Waals surface area contributed by atoms with Crippen LogP contribution in [0.15, 0.2) is 36.4 Å². The Morgan fingerprint density at radius 2 is 1.96 bits per heavy atom. The minimum atomic E-state index is 0.127. The summed E-state index contributed by atoms with van der Waals surface area (Å²) in [6.07, 6.45) is 2.12. The van der Waals surface area contributed by atoms with Gasteiger partial charge in [0, 0.05) is 20.2 Å². The molecule has 0 atom stereocenters. The van der Waals surface area contributed by atoms with Crippen LogP contribution in [0, 0.1) is 0 Å². The van der Waals surface area contributed by atoms with E-state index in [-0.39, 0.29) is 12.0 Å². The highest BCUT2D eigenvalue weighted by Crippen LogP contribution is 2.35. The van der Waals surface area contributed by atoms with Crippen LogP contribution in [0.25, 0.3) is 20.1 Å². The molecule has 0 N–H and O–H groups in total. The van der Waals surface area contributed by atoms with Gasteiger partial charge in [-0.15, -0.1) is 22.7 Å². The van der Waals surface area contributed by atoms with Crippen LogP contribution in [0.3, 0.4) is 0 Å². The second-order valence-electron chi connectivity index (χ2n) is 5.88. The molecule has 0 aliphatic carbocycles. The van der Waals surface area contributed by atoms with E-state index < -0.39 is 0 Å². The van der Waals surface area contributed by atoms with E-state index in [4.69, 9.17) is 4.74 Å². The number of piperidine rings is 1. The summed E-state index contributed by atoms with van der Waals surface area (Å²) in [5.41, 5.74) is 1.01.